The molecule has 0 aliphatic heterocycles. The van der Waals surface area contributed by atoms with Crippen LogP contribution in [0, 0.1) is 0 Å². The average Bonchev–Trinajstić information content (AvgIpc) is 3.17. The Kier molecular flexibility index (Phi) is 6.92. The molecule has 7 nitrogen and oxygen atoms in total. The van der Waals surface area contributed by atoms with Gasteiger partial charge in [0.05, 0.1) is 39.8 Å². The number of nitrogens with zero attached hydrogens (tertiary/aromatic N) is 3. The van der Waals surface area contributed by atoms with Crippen LogP contribution in [0.1, 0.15) is 5.56 Å². The summed E-state index contributed by atoms with van der Waals surface area (Å²) in [5.41, 5.74) is 2.39. The lowest BCUT2D eigenvalue weighted by Gasteiger charge is -2.14. The van der Waals surface area contributed by atoms with Crippen molar-refractivity contribution < 1.29 is 19.3 Å². The summed E-state index contributed by atoms with van der Waals surface area (Å²) in [6.45, 7) is 4.20. The van der Waals surface area contributed by atoms with E-state index in [4.69, 9.17) is 14.2 Å². The third-order valence-corrected chi connectivity index (χ3v) is 5.05. The van der Waals surface area contributed by atoms with E-state index in [0.717, 1.165) is 16.8 Å². The van der Waals surface area contributed by atoms with Gasteiger partial charge in [0.15, 0.2) is 11.5 Å². The number of aromatic nitrogens is 1. The van der Waals surface area contributed by atoms with Gasteiger partial charge in [-0.1, -0.05) is 18.2 Å². The summed E-state index contributed by atoms with van der Waals surface area (Å²) in [4.78, 5) is 5.24. The molecule has 0 fully saturated rings. The van der Waals surface area contributed by atoms with Crippen molar-refractivity contribution in [3.63, 3.8) is 0 Å². The summed E-state index contributed by atoms with van der Waals surface area (Å²) >= 11 is 1.46. The predicted octanol–water partition coefficient (Wildman–Crippen LogP) is 3.92. The van der Waals surface area contributed by atoms with Crippen molar-refractivity contribution in [1.82, 2.24) is 4.68 Å². The molecule has 0 radical (unpaired) electrons. The maximum atomic E-state index is 9.70. The molecule has 2 aromatic carbocycles. The van der Waals surface area contributed by atoms with E-state index in [1.54, 1.807) is 56.5 Å². The molecule has 0 spiro atoms. The van der Waals surface area contributed by atoms with Gasteiger partial charge in [-0.15, -0.1) is 17.9 Å². The van der Waals surface area contributed by atoms with E-state index < -0.39 is 0 Å². The van der Waals surface area contributed by atoms with Crippen LogP contribution < -0.4 is 19.0 Å². The summed E-state index contributed by atoms with van der Waals surface area (Å²) in [6.07, 6.45) is 3.39. The number of methoxy groups -OCH3 is 3. The highest BCUT2D eigenvalue weighted by Gasteiger charge is 2.17. The monoisotopic (exact) mass is 425 g/mol. The molecule has 30 heavy (non-hydrogen) atoms. The molecule has 0 saturated heterocycles. The van der Waals surface area contributed by atoms with Crippen LogP contribution in [0.3, 0.4) is 0 Å². The summed E-state index contributed by atoms with van der Waals surface area (Å²) < 4.78 is 18.1. The van der Waals surface area contributed by atoms with Crippen LogP contribution >= 0.6 is 11.3 Å². The fourth-order valence-electron chi connectivity index (χ4n) is 2.82. The second-order valence-corrected chi connectivity index (χ2v) is 6.93. The van der Waals surface area contributed by atoms with E-state index in [2.05, 4.69) is 16.7 Å². The Morgan fingerprint density at radius 3 is 2.43 bits per heavy atom. The van der Waals surface area contributed by atoms with Crippen molar-refractivity contribution in [2.75, 3.05) is 27.9 Å². The predicted molar refractivity (Wildman–Crippen MR) is 119 cm³/mol. The summed E-state index contributed by atoms with van der Waals surface area (Å²) in [7, 11) is 4.72. The third kappa shape index (κ3) is 4.55. The van der Waals surface area contributed by atoms with E-state index in [-0.39, 0.29) is 5.75 Å². The van der Waals surface area contributed by atoms with Crippen molar-refractivity contribution in [3.8, 4) is 34.3 Å². The number of aromatic hydroxyl groups is 1. The second kappa shape index (κ2) is 9.80. The molecule has 1 N–H and O–H groups in total. The zero-order chi connectivity index (χ0) is 21.5. The first kappa shape index (κ1) is 21.2. The molecule has 1 aromatic heterocycles. The molecule has 1 heterocycles. The molecule has 0 bridgehead atoms. The summed E-state index contributed by atoms with van der Waals surface area (Å²) in [6, 6.07) is 10.6. The molecular formula is C22H23N3O4S. The average molecular weight is 426 g/mol. The maximum absolute atomic E-state index is 9.70. The molecule has 0 atom stereocenters. The van der Waals surface area contributed by atoms with E-state index >= 15 is 0 Å². The van der Waals surface area contributed by atoms with Crippen molar-refractivity contribution >= 4 is 17.6 Å². The van der Waals surface area contributed by atoms with Crippen LogP contribution in [0.5, 0.6) is 23.0 Å². The fraction of sp³-hybridized carbons (Fsp3) is 0.182. The van der Waals surface area contributed by atoms with Gasteiger partial charge in [0, 0.05) is 10.9 Å². The van der Waals surface area contributed by atoms with Gasteiger partial charge in [-0.25, -0.2) is 4.68 Å². The van der Waals surface area contributed by atoms with Crippen molar-refractivity contribution in [1.29, 1.82) is 0 Å². The molecular weight excluding hydrogens is 402 g/mol. The Bertz CT molecular complexity index is 1110. The topological polar surface area (TPSA) is 77.6 Å². The van der Waals surface area contributed by atoms with E-state index in [9.17, 15) is 5.11 Å². The molecule has 0 aliphatic rings. The largest absolute Gasteiger partial charge is 0.508 e. The lowest BCUT2D eigenvalue weighted by molar-refractivity contribution is 0.324. The van der Waals surface area contributed by atoms with Crippen LogP contribution in [0.4, 0.5) is 0 Å². The standard InChI is InChI=1S/C22H23N3O4S/c1-5-9-23-22-25(24-13-15-7-6-8-17(26)10-15)18(14-30-22)16-11-19(27-2)21(29-4)20(12-16)28-3/h5-8,10-14,26H,1,9H2,2-4H3. The number of phenols is 1. The third-order valence-electron chi connectivity index (χ3n) is 4.19. The van der Waals surface area contributed by atoms with Crippen LogP contribution in [-0.4, -0.2) is 43.9 Å². The lowest BCUT2D eigenvalue weighted by Crippen LogP contribution is -2.12. The van der Waals surface area contributed by atoms with Crippen LogP contribution in [0.2, 0.25) is 0 Å². The van der Waals surface area contributed by atoms with E-state index in [1.165, 1.54) is 11.3 Å². The lowest BCUT2D eigenvalue weighted by atomic mass is 10.1. The van der Waals surface area contributed by atoms with Gasteiger partial charge in [0.25, 0.3) is 0 Å². The number of phenolic OH excluding ortho intramolecular Hbond substituents is 1. The van der Waals surface area contributed by atoms with E-state index in [0.29, 0.717) is 28.6 Å². The first-order valence-electron chi connectivity index (χ1n) is 9.07. The second-order valence-electron chi connectivity index (χ2n) is 6.10. The normalized spacial score (nSPS) is 11.6. The number of hydrogen-bond donors (Lipinski definition) is 1. The molecule has 3 rings (SSSR count). The molecule has 0 saturated carbocycles. The van der Waals surface area contributed by atoms with Crippen LogP contribution in [-0.2, 0) is 0 Å². The molecule has 8 heteroatoms. The zero-order valence-corrected chi connectivity index (χ0v) is 17.8. The SMILES string of the molecule is C=CCN=c1scc(-c2cc(OC)c(OC)c(OC)c2)n1N=Cc1cccc(O)c1. The van der Waals surface area contributed by atoms with Gasteiger partial charge in [-0.3, -0.25) is 4.99 Å². The molecule has 0 aliphatic carbocycles. The maximum Gasteiger partial charge on any atom is 0.206 e. The Hall–Kier alpha value is -3.52. The Balaban J connectivity index is 2.16. The highest BCUT2D eigenvalue weighted by Crippen LogP contribution is 2.41. The van der Waals surface area contributed by atoms with Gasteiger partial charge < -0.3 is 19.3 Å². The number of hydrogen-bond acceptors (Lipinski definition) is 7. The first-order valence-corrected chi connectivity index (χ1v) is 9.95. The van der Waals surface area contributed by atoms with Crippen LogP contribution in [0.25, 0.3) is 11.3 Å². The minimum Gasteiger partial charge on any atom is -0.508 e. The Labute approximate surface area is 178 Å². The Morgan fingerprint density at radius 2 is 1.83 bits per heavy atom. The zero-order valence-electron chi connectivity index (χ0n) is 17.0. The quantitative estimate of drug-likeness (QED) is 0.438. The number of benzene rings is 2. The van der Waals surface area contributed by atoms with Crippen molar-refractivity contribution in [3.05, 3.63) is 64.8 Å². The van der Waals surface area contributed by atoms with Gasteiger partial charge in [-0.2, -0.15) is 5.10 Å². The summed E-state index contributed by atoms with van der Waals surface area (Å²) in [5.74, 6) is 1.79. The smallest absolute Gasteiger partial charge is 0.206 e. The number of thiazole rings is 1. The van der Waals surface area contributed by atoms with Gasteiger partial charge in [0.1, 0.15) is 5.75 Å². The van der Waals surface area contributed by atoms with Gasteiger partial charge in [-0.05, 0) is 29.8 Å². The van der Waals surface area contributed by atoms with Gasteiger partial charge in [0.2, 0.25) is 10.6 Å². The van der Waals surface area contributed by atoms with Crippen molar-refractivity contribution in [2.24, 2.45) is 10.1 Å². The minimum absolute atomic E-state index is 0.177. The first-order chi connectivity index (χ1) is 14.6. The highest BCUT2D eigenvalue weighted by molar-refractivity contribution is 7.07. The van der Waals surface area contributed by atoms with Crippen molar-refractivity contribution in [2.45, 2.75) is 0 Å². The Morgan fingerprint density at radius 1 is 1.10 bits per heavy atom. The minimum atomic E-state index is 0.177. The molecule has 0 unspecified atom stereocenters. The van der Waals surface area contributed by atoms with Gasteiger partial charge >= 0.3 is 0 Å². The fourth-order valence-corrected chi connectivity index (χ4v) is 3.67. The van der Waals surface area contributed by atoms with Crippen LogP contribution in [0.15, 0.2) is 64.5 Å². The molecule has 3 aromatic rings. The number of rotatable bonds is 8. The highest BCUT2D eigenvalue weighted by atomic mass is 32.1. The van der Waals surface area contributed by atoms with E-state index in [1.807, 2.05) is 23.6 Å². The molecule has 0 amide bonds. The summed E-state index contributed by atoms with van der Waals surface area (Å²) in [5, 5.41) is 16.3. The molecule has 156 valence electrons. The number of ether oxygens (including phenoxy) is 3.